The summed E-state index contributed by atoms with van der Waals surface area (Å²) in [7, 11) is -3.47. The van der Waals surface area contributed by atoms with Crippen LogP contribution in [0, 0.1) is 0 Å². The fourth-order valence-electron chi connectivity index (χ4n) is 2.99. The number of benzene rings is 3. The number of sulfone groups is 1. The molecule has 3 aromatic rings. The summed E-state index contributed by atoms with van der Waals surface area (Å²) in [6, 6.07) is 22.2. The molecule has 31 heavy (non-hydrogen) atoms. The zero-order valence-electron chi connectivity index (χ0n) is 16.6. The molecule has 3 aromatic carbocycles. The topological polar surface area (TPSA) is 89.5 Å². The van der Waals surface area contributed by atoms with Crippen LogP contribution < -0.4 is 5.32 Å². The predicted octanol–water partition coefficient (Wildman–Crippen LogP) is 4.06. The Hall–Kier alpha value is -3.16. The van der Waals surface area contributed by atoms with E-state index in [1.165, 1.54) is 18.2 Å². The van der Waals surface area contributed by atoms with Gasteiger partial charge in [-0.15, -0.1) is 0 Å². The lowest BCUT2D eigenvalue weighted by atomic mass is 9.91. The van der Waals surface area contributed by atoms with Crippen LogP contribution in [0.3, 0.4) is 0 Å². The smallest absolute Gasteiger partial charge is 0.318 e. The highest BCUT2D eigenvalue weighted by Gasteiger charge is 2.25. The molecule has 0 aliphatic carbocycles. The predicted molar refractivity (Wildman–Crippen MR) is 119 cm³/mol. The van der Waals surface area contributed by atoms with Crippen LogP contribution in [0.1, 0.15) is 17.0 Å². The third kappa shape index (κ3) is 5.93. The molecule has 0 fully saturated rings. The number of esters is 1. The largest absolute Gasteiger partial charge is 0.455 e. The summed E-state index contributed by atoms with van der Waals surface area (Å²) in [4.78, 5) is 25.2. The molecular weight excluding hydrogens is 438 g/mol. The molecule has 3 rings (SSSR count). The summed E-state index contributed by atoms with van der Waals surface area (Å²) >= 11 is 6.05. The average molecular weight is 458 g/mol. The fourth-order valence-corrected chi connectivity index (χ4v) is 3.80. The number of rotatable bonds is 7. The molecule has 0 aliphatic rings. The van der Waals surface area contributed by atoms with Gasteiger partial charge >= 0.3 is 5.97 Å². The van der Waals surface area contributed by atoms with E-state index in [-0.39, 0.29) is 15.6 Å². The number of amides is 1. The van der Waals surface area contributed by atoms with E-state index < -0.39 is 34.2 Å². The summed E-state index contributed by atoms with van der Waals surface area (Å²) in [5.74, 6) is -1.91. The van der Waals surface area contributed by atoms with Crippen LogP contribution in [0.4, 0.5) is 5.69 Å². The van der Waals surface area contributed by atoms with Crippen molar-refractivity contribution in [3.63, 3.8) is 0 Å². The molecule has 0 saturated heterocycles. The lowest BCUT2D eigenvalue weighted by Crippen LogP contribution is -2.24. The van der Waals surface area contributed by atoms with E-state index in [4.69, 9.17) is 16.3 Å². The first-order valence-corrected chi connectivity index (χ1v) is 11.6. The quantitative estimate of drug-likeness (QED) is 0.540. The summed E-state index contributed by atoms with van der Waals surface area (Å²) in [5.41, 5.74) is 1.60. The minimum absolute atomic E-state index is 0.0115. The minimum atomic E-state index is -3.47. The fraction of sp³-hybridized carbons (Fsp3) is 0.130. The van der Waals surface area contributed by atoms with Crippen molar-refractivity contribution in [2.24, 2.45) is 0 Å². The number of anilines is 1. The van der Waals surface area contributed by atoms with Crippen LogP contribution >= 0.6 is 11.6 Å². The number of halogens is 1. The third-order valence-electron chi connectivity index (χ3n) is 4.49. The SMILES string of the molecule is CS(=O)(=O)c1ccc(Cl)c(NC(=O)COC(=O)C(c2ccccc2)c2ccccc2)c1. The summed E-state index contributed by atoms with van der Waals surface area (Å²) in [6.07, 6.45) is 1.05. The second-order valence-electron chi connectivity index (χ2n) is 6.82. The van der Waals surface area contributed by atoms with Gasteiger partial charge in [0.2, 0.25) is 0 Å². The number of ether oxygens (including phenoxy) is 1. The molecule has 1 amide bonds. The summed E-state index contributed by atoms with van der Waals surface area (Å²) in [5, 5.41) is 2.65. The second kappa shape index (κ2) is 9.76. The molecule has 0 radical (unpaired) electrons. The maximum absolute atomic E-state index is 12.8. The first-order valence-electron chi connectivity index (χ1n) is 9.31. The molecular formula is C23H20ClNO5S. The highest BCUT2D eigenvalue weighted by atomic mass is 35.5. The van der Waals surface area contributed by atoms with Gasteiger partial charge in [0, 0.05) is 6.26 Å². The molecule has 8 heteroatoms. The number of carbonyl (C=O) groups is 2. The van der Waals surface area contributed by atoms with E-state index in [1.54, 1.807) is 0 Å². The van der Waals surface area contributed by atoms with E-state index in [1.807, 2.05) is 60.7 Å². The first-order chi connectivity index (χ1) is 14.8. The van der Waals surface area contributed by atoms with Crippen molar-refractivity contribution < 1.29 is 22.7 Å². The zero-order valence-corrected chi connectivity index (χ0v) is 18.2. The third-order valence-corrected chi connectivity index (χ3v) is 5.93. The van der Waals surface area contributed by atoms with E-state index >= 15 is 0 Å². The van der Waals surface area contributed by atoms with Gasteiger partial charge in [-0.3, -0.25) is 9.59 Å². The Morgan fingerprint density at radius 3 is 2.00 bits per heavy atom. The molecule has 6 nitrogen and oxygen atoms in total. The van der Waals surface area contributed by atoms with E-state index in [9.17, 15) is 18.0 Å². The van der Waals surface area contributed by atoms with Crippen LogP contribution in [0.2, 0.25) is 5.02 Å². The van der Waals surface area contributed by atoms with E-state index in [2.05, 4.69) is 5.32 Å². The lowest BCUT2D eigenvalue weighted by Gasteiger charge is -2.17. The maximum Gasteiger partial charge on any atom is 0.318 e. The highest BCUT2D eigenvalue weighted by Crippen LogP contribution is 2.27. The molecule has 0 heterocycles. The molecule has 0 unspecified atom stereocenters. The Balaban J connectivity index is 1.72. The van der Waals surface area contributed by atoms with E-state index in [0.29, 0.717) is 0 Å². The van der Waals surface area contributed by atoms with E-state index in [0.717, 1.165) is 17.4 Å². The zero-order chi connectivity index (χ0) is 22.4. The highest BCUT2D eigenvalue weighted by molar-refractivity contribution is 7.90. The van der Waals surface area contributed by atoms with Crippen molar-refractivity contribution in [1.29, 1.82) is 0 Å². The van der Waals surface area contributed by atoms with Gasteiger partial charge in [-0.1, -0.05) is 72.3 Å². The molecule has 0 aromatic heterocycles. The molecule has 160 valence electrons. The van der Waals surface area contributed by atoms with Crippen LogP contribution in [-0.2, 0) is 24.2 Å². The van der Waals surface area contributed by atoms with Gasteiger partial charge in [0.25, 0.3) is 5.91 Å². The van der Waals surface area contributed by atoms with Gasteiger partial charge in [-0.05, 0) is 29.3 Å². The van der Waals surface area contributed by atoms with Crippen molar-refractivity contribution >= 4 is 39.0 Å². The molecule has 1 N–H and O–H groups in total. The Bertz CT molecular complexity index is 1140. The Labute approximate surface area is 185 Å². The lowest BCUT2D eigenvalue weighted by molar-refractivity contribution is -0.147. The standard InChI is InChI=1S/C23H20ClNO5S/c1-31(28,29)18-12-13-19(24)20(14-18)25-21(26)15-30-23(27)22(16-8-4-2-5-9-16)17-10-6-3-7-11-17/h2-14,22H,15H2,1H3,(H,25,26). The van der Waals surface area contributed by atoms with Crippen molar-refractivity contribution in [3.8, 4) is 0 Å². The van der Waals surface area contributed by atoms with Crippen LogP contribution in [0.15, 0.2) is 83.8 Å². The second-order valence-corrected chi connectivity index (χ2v) is 9.25. The maximum atomic E-state index is 12.8. The van der Waals surface area contributed by atoms with Crippen LogP contribution in [0.25, 0.3) is 0 Å². The summed E-state index contributed by atoms with van der Waals surface area (Å²) in [6.45, 7) is -0.547. The van der Waals surface area contributed by atoms with Gasteiger partial charge < -0.3 is 10.1 Å². The number of hydrogen-bond donors (Lipinski definition) is 1. The Kier molecular flexibility index (Phi) is 7.09. The van der Waals surface area contributed by atoms with Gasteiger partial charge in [0.15, 0.2) is 16.4 Å². The van der Waals surface area contributed by atoms with Gasteiger partial charge in [-0.2, -0.15) is 0 Å². The normalized spacial score (nSPS) is 11.2. The molecule has 0 saturated carbocycles. The minimum Gasteiger partial charge on any atom is -0.455 e. The van der Waals surface area contributed by atoms with Crippen LogP contribution in [0.5, 0.6) is 0 Å². The Morgan fingerprint density at radius 2 is 1.48 bits per heavy atom. The van der Waals surface area contributed by atoms with Gasteiger partial charge in [-0.25, -0.2) is 8.42 Å². The number of carbonyl (C=O) groups excluding carboxylic acids is 2. The first kappa shape index (κ1) is 22.5. The Morgan fingerprint density at radius 1 is 0.935 bits per heavy atom. The van der Waals surface area contributed by atoms with Crippen molar-refractivity contribution in [2.75, 3.05) is 18.2 Å². The van der Waals surface area contributed by atoms with Crippen molar-refractivity contribution in [3.05, 3.63) is 95.0 Å². The average Bonchev–Trinajstić information content (AvgIpc) is 2.75. The van der Waals surface area contributed by atoms with Gasteiger partial charge in [0.05, 0.1) is 15.6 Å². The molecule has 0 atom stereocenters. The van der Waals surface area contributed by atoms with Crippen molar-refractivity contribution in [2.45, 2.75) is 10.8 Å². The monoisotopic (exact) mass is 457 g/mol. The molecule has 0 aliphatic heterocycles. The van der Waals surface area contributed by atoms with Gasteiger partial charge in [0.1, 0.15) is 5.92 Å². The summed E-state index contributed by atoms with van der Waals surface area (Å²) < 4.78 is 28.7. The molecule has 0 spiro atoms. The number of hydrogen-bond acceptors (Lipinski definition) is 5. The van der Waals surface area contributed by atoms with Crippen LogP contribution in [-0.4, -0.2) is 33.2 Å². The van der Waals surface area contributed by atoms with Crippen molar-refractivity contribution in [1.82, 2.24) is 0 Å². The number of nitrogens with one attached hydrogen (secondary N) is 1. The molecule has 0 bridgehead atoms.